The average molecular weight is 259 g/mol. The highest BCUT2D eigenvalue weighted by molar-refractivity contribution is 5.79. The fraction of sp³-hybridized carbons (Fsp3) is 0.562. The summed E-state index contributed by atoms with van der Waals surface area (Å²) >= 11 is 0. The van der Waals surface area contributed by atoms with Crippen LogP contribution in [0.3, 0.4) is 0 Å². The minimum absolute atomic E-state index is 0.0619. The van der Waals surface area contributed by atoms with Crippen LogP contribution >= 0.6 is 0 Å². The lowest BCUT2D eigenvalue weighted by Gasteiger charge is -2.21. The minimum atomic E-state index is 0.0619. The smallest absolute Gasteiger partial charge is 0.227 e. The molecule has 2 aliphatic rings. The van der Waals surface area contributed by atoms with Crippen LogP contribution in [0.4, 0.5) is 0 Å². The van der Waals surface area contributed by atoms with Gasteiger partial charge < -0.3 is 10.0 Å². The Hall–Kier alpha value is -1.35. The van der Waals surface area contributed by atoms with Gasteiger partial charge in [-0.1, -0.05) is 18.2 Å². The largest absolute Gasteiger partial charge is 0.395 e. The van der Waals surface area contributed by atoms with Gasteiger partial charge in [0.1, 0.15) is 0 Å². The van der Waals surface area contributed by atoms with E-state index in [1.807, 2.05) is 4.90 Å². The summed E-state index contributed by atoms with van der Waals surface area (Å²) in [6, 6.07) is 6.85. The molecule has 1 N–H and O–H groups in total. The molecule has 0 atom stereocenters. The van der Waals surface area contributed by atoms with Gasteiger partial charge >= 0.3 is 0 Å². The number of amides is 1. The van der Waals surface area contributed by atoms with Crippen LogP contribution in [-0.4, -0.2) is 35.1 Å². The quantitative estimate of drug-likeness (QED) is 0.874. The van der Waals surface area contributed by atoms with Crippen molar-refractivity contribution < 1.29 is 9.90 Å². The molecular formula is C16H21NO2. The van der Waals surface area contributed by atoms with E-state index in [1.165, 1.54) is 24.0 Å². The number of rotatable bonds is 5. The van der Waals surface area contributed by atoms with E-state index >= 15 is 0 Å². The summed E-state index contributed by atoms with van der Waals surface area (Å²) in [5, 5.41) is 9.06. The molecule has 0 spiro atoms. The van der Waals surface area contributed by atoms with Gasteiger partial charge in [-0.05, 0) is 48.8 Å². The normalized spacial score (nSPS) is 17.3. The van der Waals surface area contributed by atoms with Gasteiger partial charge in [0.05, 0.1) is 13.0 Å². The number of carbonyl (C=O) groups excluding carboxylic acids is 1. The van der Waals surface area contributed by atoms with Crippen molar-refractivity contribution >= 4 is 5.91 Å². The van der Waals surface area contributed by atoms with Gasteiger partial charge in [-0.2, -0.15) is 0 Å². The second-order valence-electron chi connectivity index (χ2n) is 5.68. The summed E-state index contributed by atoms with van der Waals surface area (Å²) in [5.74, 6) is 0.162. The van der Waals surface area contributed by atoms with E-state index in [4.69, 9.17) is 5.11 Å². The third-order valence-corrected chi connectivity index (χ3v) is 4.17. The van der Waals surface area contributed by atoms with Gasteiger partial charge in [0.25, 0.3) is 0 Å². The Balaban J connectivity index is 1.68. The maximum atomic E-state index is 12.3. The Labute approximate surface area is 114 Å². The summed E-state index contributed by atoms with van der Waals surface area (Å²) < 4.78 is 0. The van der Waals surface area contributed by atoms with E-state index in [1.54, 1.807) is 0 Å². The van der Waals surface area contributed by atoms with Crippen molar-refractivity contribution in [1.29, 1.82) is 0 Å². The van der Waals surface area contributed by atoms with E-state index < -0.39 is 0 Å². The first-order chi connectivity index (χ1) is 9.28. The molecule has 1 aromatic carbocycles. The summed E-state index contributed by atoms with van der Waals surface area (Å²) in [6.45, 7) is 0.543. The maximum Gasteiger partial charge on any atom is 0.227 e. The van der Waals surface area contributed by atoms with Crippen LogP contribution in [0.1, 0.15) is 36.0 Å². The van der Waals surface area contributed by atoms with E-state index in [2.05, 4.69) is 18.2 Å². The van der Waals surface area contributed by atoms with Crippen molar-refractivity contribution in [2.45, 2.75) is 44.6 Å². The molecular weight excluding hydrogens is 238 g/mol. The number of aliphatic hydroxyl groups is 1. The number of aliphatic hydroxyl groups excluding tert-OH is 1. The van der Waals surface area contributed by atoms with Crippen molar-refractivity contribution in [3.05, 3.63) is 34.9 Å². The van der Waals surface area contributed by atoms with Crippen LogP contribution in [0.2, 0.25) is 0 Å². The lowest BCUT2D eigenvalue weighted by molar-refractivity contribution is -0.131. The second-order valence-corrected chi connectivity index (χ2v) is 5.68. The average Bonchev–Trinajstić information content (AvgIpc) is 3.13. The summed E-state index contributed by atoms with van der Waals surface area (Å²) in [6.07, 6.45) is 6.24. The van der Waals surface area contributed by atoms with Crippen LogP contribution in [0.25, 0.3) is 0 Å². The standard InChI is InChI=1S/C16H21NO2/c18-9-8-17(15-6-7-15)16(19)11-12-4-5-13-2-1-3-14(13)10-12/h4-5,10,15,18H,1-3,6-9,11H2. The van der Waals surface area contributed by atoms with Gasteiger partial charge in [-0.3, -0.25) is 4.79 Å². The van der Waals surface area contributed by atoms with Crippen molar-refractivity contribution in [3.8, 4) is 0 Å². The fourth-order valence-electron chi connectivity index (χ4n) is 3.02. The number of carbonyl (C=O) groups is 1. The van der Waals surface area contributed by atoms with Gasteiger partial charge in [-0.15, -0.1) is 0 Å². The van der Waals surface area contributed by atoms with Crippen LogP contribution in [0, 0.1) is 0 Å². The zero-order valence-corrected chi connectivity index (χ0v) is 11.3. The van der Waals surface area contributed by atoms with Crippen molar-refractivity contribution in [2.75, 3.05) is 13.2 Å². The predicted octanol–water partition coefficient (Wildman–Crippen LogP) is 1.70. The lowest BCUT2D eigenvalue weighted by Crippen LogP contribution is -2.36. The van der Waals surface area contributed by atoms with Crippen molar-refractivity contribution in [1.82, 2.24) is 4.90 Å². The van der Waals surface area contributed by atoms with Crippen molar-refractivity contribution in [2.24, 2.45) is 0 Å². The molecule has 1 aromatic rings. The van der Waals surface area contributed by atoms with Crippen LogP contribution in [0.15, 0.2) is 18.2 Å². The Kier molecular flexibility index (Phi) is 3.56. The molecule has 0 unspecified atom stereocenters. The third kappa shape index (κ3) is 2.81. The Morgan fingerprint density at radius 3 is 2.79 bits per heavy atom. The number of hydrogen-bond donors (Lipinski definition) is 1. The number of fused-ring (bicyclic) bond motifs is 1. The predicted molar refractivity (Wildman–Crippen MR) is 74.0 cm³/mol. The van der Waals surface area contributed by atoms with E-state index in [-0.39, 0.29) is 12.5 Å². The minimum Gasteiger partial charge on any atom is -0.395 e. The number of hydrogen-bond acceptors (Lipinski definition) is 2. The lowest BCUT2D eigenvalue weighted by atomic mass is 10.0. The van der Waals surface area contributed by atoms with E-state index in [9.17, 15) is 4.79 Å². The summed E-state index contributed by atoms with van der Waals surface area (Å²) in [4.78, 5) is 14.2. The van der Waals surface area contributed by atoms with Crippen LogP contribution in [-0.2, 0) is 24.1 Å². The molecule has 0 bridgehead atoms. The maximum absolute atomic E-state index is 12.3. The molecule has 3 rings (SSSR count). The Morgan fingerprint density at radius 1 is 1.26 bits per heavy atom. The van der Waals surface area contributed by atoms with Gasteiger partial charge in [0.15, 0.2) is 0 Å². The molecule has 0 aromatic heterocycles. The molecule has 3 nitrogen and oxygen atoms in total. The second kappa shape index (κ2) is 5.33. The first-order valence-electron chi connectivity index (χ1n) is 7.29. The number of aryl methyl sites for hydroxylation is 2. The SMILES string of the molecule is O=C(Cc1ccc2c(c1)CCC2)N(CCO)C1CC1. The molecule has 1 amide bonds. The zero-order chi connectivity index (χ0) is 13.2. The zero-order valence-electron chi connectivity index (χ0n) is 11.3. The first-order valence-corrected chi connectivity index (χ1v) is 7.29. The highest BCUT2D eigenvalue weighted by atomic mass is 16.3. The number of benzene rings is 1. The fourth-order valence-corrected chi connectivity index (χ4v) is 3.02. The van der Waals surface area contributed by atoms with E-state index in [0.717, 1.165) is 24.8 Å². The van der Waals surface area contributed by atoms with Crippen LogP contribution in [0.5, 0.6) is 0 Å². The molecule has 19 heavy (non-hydrogen) atoms. The summed E-state index contributed by atoms with van der Waals surface area (Å²) in [7, 11) is 0. The molecule has 0 heterocycles. The molecule has 0 radical (unpaired) electrons. The molecule has 0 saturated heterocycles. The monoisotopic (exact) mass is 259 g/mol. The molecule has 102 valence electrons. The van der Waals surface area contributed by atoms with Crippen molar-refractivity contribution in [3.63, 3.8) is 0 Å². The Morgan fingerprint density at radius 2 is 2.05 bits per heavy atom. The highest BCUT2D eigenvalue weighted by Crippen LogP contribution is 2.28. The molecule has 0 aliphatic heterocycles. The summed E-state index contributed by atoms with van der Waals surface area (Å²) in [5.41, 5.74) is 3.99. The number of nitrogens with zero attached hydrogens (tertiary/aromatic N) is 1. The third-order valence-electron chi connectivity index (χ3n) is 4.17. The first kappa shape index (κ1) is 12.7. The van der Waals surface area contributed by atoms with E-state index in [0.29, 0.717) is 19.0 Å². The molecule has 1 fully saturated rings. The van der Waals surface area contributed by atoms with Gasteiger partial charge in [0.2, 0.25) is 5.91 Å². The molecule has 1 saturated carbocycles. The van der Waals surface area contributed by atoms with Gasteiger partial charge in [0, 0.05) is 12.6 Å². The highest BCUT2D eigenvalue weighted by Gasteiger charge is 2.31. The van der Waals surface area contributed by atoms with Crippen LogP contribution < -0.4 is 0 Å². The molecule has 2 aliphatic carbocycles. The topological polar surface area (TPSA) is 40.5 Å². The van der Waals surface area contributed by atoms with Gasteiger partial charge in [-0.25, -0.2) is 0 Å². The molecule has 3 heteroatoms. The Bertz CT molecular complexity index is 480.